The van der Waals surface area contributed by atoms with E-state index in [1.807, 2.05) is 0 Å². The Morgan fingerprint density at radius 1 is 1.09 bits per heavy atom. The van der Waals surface area contributed by atoms with E-state index in [4.69, 9.17) is 9.99 Å². The molecule has 8 heteroatoms. The predicted octanol–water partition coefficient (Wildman–Crippen LogP) is 1.30. The second-order valence-corrected chi connectivity index (χ2v) is 4.69. The molecule has 1 aromatic carbocycles. The van der Waals surface area contributed by atoms with Gasteiger partial charge in [0.2, 0.25) is 0 Å². The van der Waals surface area contributed by atoms with E-state index in [9.17, 15) is 14.4 Å². The van der Waals surface area contributed by atoms with Gasteiger partial charge in [-0.15, -0.1) is 4.99 Å². The van der Waals surface area contributed by atoms with Gasteiger partial charge in [0.15, 0.2) is 0 Å². The molecule has 22 heavy (non-hydrogen) atoms. The number of hydrogen-bond donors (Lipinski definition) is 2. The van der Waals surface area contributed by atoms with Crippen molar-refractivity contribution in [2.75, 3.05) is 6.61 Å². The van der Waals surface area contributed by atoms with Crippen molar-refractivity contribution in [3.05, 3.63) is 35.4 Å². The number of carbonyl (C=O) groups excluding carboxylic acids is 2. The molecule has 1 heterocycles. The van der Waals surface area contributed by atoms with Gasteiger partial charge in [0.05, 0.1) is 17.7 Å². The van der Waals surface area contributed by atoms with Crippen molar-refractivity contribution in [2.45, 2.75) is 25.7 Å². The van der Waals surface area contributed by atoms with E-state index in [0.717, 1.165) is 5.01 Å². The molecule has 0 radical (unpaired) electrons. The van der Waals surface area contributed by atoms with Gasteiger partial charge >= 0.3 is 5.97 Å². The molecule has 8 nitrogen and oxygen atoms in total. The zero-order valence-corrected chi connectivity index (χ0v) is 11.8. The molecule has 0 unspecified atom stereocenters. The Hall–Kier alpha value is -2.29. The molecular weight excluding hydrogens is 292 g/mol. The molecule has 0 aromatic heterocycles. The summed E-state index contributed by atoms with van der Waals surface area (Å²) in [4.78, 5) is 43.6. The molecule has 2 rings (SSSR count). The van der Waals surface area contributed by atoms with Gasteiger partial charge in [0.25, 0.3) is 11.8 Å². The van der Waals surface area contributed by atoms with E-state index < -0.39 is 17.8 Å². The van der Waals surface area contributed by atoms with Crippen molar-refractivity contribution < 1.29 is 29.4 Å². The summed E-state index contributed by atoms with van der Waals surface area (Å²) in [6.45, 7) is 0.218. The Balaban J connectivity index is 1.65. The number of amides is 2. The second-order valence-electron chi connectivity index (χ2n) is 4.69. The fourth-order valence-corrected chi connectivity index (χ4v) is 1.99. The van der Waals surface area contributed by atoms with Crippen LogP contribution in [0.1, 0.15) is 46.4 Å². The Kier molecular flexibility index (Phi) is 5.59. The standard InChI is InChI=1S/C14H16N2O6/c17-12(18)8-2-1-5-9-21-22-15-16-13(19)10-6-3-4-7-11(10)14(16)20/h3-4,6-7,15H,1-2,5,8-9H2,(H,17,18). The summed E-state index contributed by atoms with van der Waals surface area (Å²) in [7, 11) is 0. The topological polar surface area (TPSA) is 105 Å². The number of fused-ring (bicyclic) bond motifs is 1. The number of carboxylic acids is 1. The van der Waals surface area contributed by atoms with Crippen LogP contribution in [0.3, 0.4) is 0 Å². The Bertz CT molecular complexity index is 539. The summed E-state index contributed by atoms with van der Waals surface area (Å²) in [5.74, 6) is -1.85. The lowest BCUT2D eigenvalue weighted by atomic mass is 10.1. The van der Waals surface area contributed by atoms with Crippen molar-refractivity contribution >= 4 is 17.8 Å². The first-order chi connectivity index (χ1) is 10.6. The average molecular weight is 308 g/mol. The number of benzene rings is 1. The number of unbranched alkanes of at least 4 members (excludes halogenated alkanes) is 2. The predicted molar refractivity (Wildman–Crippen MR) is 73.2 cm³/mol. The second kappa shape index (κ2) is 7.64. The normalized spacial score (nSPS) is 13.5. The highest BCUT2D eigenvalue weighted by Crippen LogP contribution is 2.20. The van der Waals surface area contributed by atoms with Crippen molar-refractivity contribution in [3.63, 3.8) is 0 Å². The monoisotopic (exact) mass is 308 g/mol. The molecule has 1 aliphatic heterocycles. The summed E-state index contributed by atoms with van der Waals surface area (Å²) >= 11 is 0. The van der Waals surface area contributed by atoms with Crippen molar-refractivity contribution in [2.24, 2.45) is 0 Å². The maximum absolute atomic E-state index is 11.9. The third-order valence-electron chi connectivity index (χ3n) is 3.10. The molecule has 1 aliphatic rings. The first-order valence-electron chi connectivity index (χ1n) is 6.85. The molecule has 0 atom stereocenters. The van der Waals surface area contributed by atoms with Crippen LogP contribution in [0.4, 0.5) is 0 Å². The van der Waals surface area contributed by atoms with Crippen LogP contribution < -0.4 is 5.59 Å². The van der Waals surface area contributed by atoms with Gasteiger partial charge in [-0.2, -0.15) is 5.01 Å². The van der Waals surface area contributed by atoms with E-state index in [-0.39, 0.29) is 13.0 Å². The third-order valence-corrected chi connectivity index (χ3v) is 3.10. The fraction of sp³-hybridized carbons (Fsp3) is 0.357. The van der Waals surface area contributed by atoms with E-state index in [1.54, 1.807) is 24.3 Å². The molecule has 0 bridgehead atoms. The molecule has 0 spiro atoms. The summed E-state index contributed by atoms with van der Waals surface area (Å²) in [5, 5.41) is 9.20. The van der Waals surface area contributed by atoms with Gasteiger partial charge in [0.1, 0.15) is 0 Å². The lowest BCUT2D eigenvalue weighted by molar-refractivity contribution is -0.358. The fourth-order valence-electron chi connectivity index (χ4n) is 1.99. The number of carboxylic acid groups (broad SMARTS) is 1. The molecule has 2 N–H and O–H groups in total. The number of imide groups is 1. The maximum Gasteiger partial charge on any atom is 0.303 e. The SMILES string of the molecule is O=C(O)CCCCCOONN1C(=O)c2ccccc2C1=O. The van der Waals surface area contributed by atoms with Gasteiger partial charge in [-0.05, 0) is 25.0 Å². The van der Waals surface area contributed by atoms with Crippen LogP contribution in [0.15, 0.2) is 24.3 Å². The van der Waals surface area contributed by atoms with Crippen molar-refractivity contribution in [1.29, 1.82) is 0 Å². The zero-order valence-electron chi connectivity index (χ0n) is 11.8. The van der Waals surface area contributed by atoms with Crippen molar-refractivity contribution in [3.8, 4) is 0 Å². The number of carbonyl (C=O) groups is 3. The summed E-state index contributed by atoms with van der Waals surface area (Å²) in [6.07, 6.45) is 1.97. The number of nitrogens with zero attached hydrogens (tertiary/aromatic N) is 1. The third kappa shape index (κ3) is 3.88. The van der Waals surface area contributed by atoms with E-state index in [2.05, 4.69) is 10.6 Å². The minimum Gasteiger partial charge on any atom is -0.481 e. The van der Waals surface area contributed by atoms with Crippen LogP contribution in [0.25, 0.3) is 0 Å². The van der Waals surface area contributed by atoms with Crippen LogP contribution in [0.2, 0.25) is 0 Å². The van der Waals surface area contributed by atoms with E-state index in [1.165, 1.54) is 0 Å². The van der Waals surface area contributed by atoms with Crippen molar-refractivity contribution in [1.82, 2.24) is 10.6 Å². The maximum atomic E-state index is 11.9. The molecule has 118 valence electrons. The van der Waals surface area contributed by atoms with Crippen LogP contribution in [0, 0.1) is 0 Å². The molecule has 0 fully saturated rings. The minimum atomic E-state index is -0.829. The molecular formula is C14H16N2O6. The smallest absolute Gasteiger partial charge is 0.303 e. The molecule has 0 saturated heterocycles. The number of aliphatic carboxylic acids is 1. The molecule has 0 saturated carbocycles. The molecule has 0 aliphatic carbocycles. The summed E-state index contributed by atoms with van der Waals surface area (Å²) in [5.41, 5.74) is 2.76. The quantitative estimate of drug-likeness (QED) is 0.306. The lowest BCUT2D eigenvalue weighted by Crippen LogP contribution is -2.42. The highest BCUT2D eigenvalue weighted by atomic mass is 17.3. The van der Waals surface area contributed by atoms with Crippen LogP contribution in [-0.4, -0.2) is 34.5 Å². The zero-order chi connectivity index (χ0) is 15.9. The van der Waals surface area contributed by atoms with Gasteiger partial charge in [-0.25, -0.2) is 4.89 Å². The van der Waals surface area contributed by atoms with E-state index in [0.29, 0.717) is 30.4 Å². The van der Waals surface area contributed by atoms with Crippen LogP contribution in [0.5, 0.6) is 0 Å². The number of rotatable bonds is 9. The van der Waals surface area contributed by atoms with Gasteiger partial charge < -0.3 is 5.11 Å². The number of nitrogens with one attached hydrogen (secondary N) is 1. The van der Waals surface area contributed by atoms with Crippen LogP contribution in [-0.2, 0) is 14.7 Å². The first kappa shape index (κ1) is 16.1. The largest absolute Gasteiger partial charge is 0.481 e. The minimum absolute atomic E-state index is 0.119. The van der Waals surface area contributed by atoms with E-state index >= 15 is 0 Å². The number of hydrogen-bond acceptors (Lipinski definition) is 6. The van der Waals surface area contributed by atoms with Gasteiger partial charge in [-0.3, -0.25) is 14.4 Å². The Labute approximate surface area is 126 Å². The highest BCUT2D eigenvalue weighted by Gasteiger charge is 2.35. The summed E-state index contributed by atoms with van der Waals surface area (Å²) in [6, 6.07) is 6.45. The molecule has 2 amide bonds. The first-order valence-corrected chi connectivity index (χ1v) is 6.85. The summed E-state index contributed by atoms with van der Waals surface area (Å²) < 4.78 is 0. The number of hydrazine groups is 1. The Morgan fingerprint density at radius 2 is 1.73 bits per heavy atom. The highest BCUT2D eigenvalue weighted by molar-refractivity contribution is 6.20. The van der Waals surface area contributed by atoms with Crippen LogP contribution >= 0.6 is 0 Å². The lowest BCUT2D eigenvalue weighted by Gasteiger charge is -2.13. The molecule has 1 aromatic rings. The Morgan fingerprint density at radius 3 is 2.32 bits per heavy atom. The van der Waals surface area contributed by atoms with Gasteiger partial charge in [-0.1, -0.05) is 24.1 Å². The van der Waals surface area contributed by atoms with Gasteiger partial charge in [0, 0.05) is 6.42 Å². The average Bonchev–Trinajstić information content (AvgIpc) is 2.74.